The van der Waals surface area contributed by atoms with Gasteiger partial charge in [0, 0.05) is 47.5 Å². The van der Waals surface area contributed by atoms with E-state index in [1.165, 1.54) is 24.5 Å². The van der Waals surface area contributed by atoms with Crippen molar-refractivity contribution in [3.8, 4) is 0 Å². The lowest BCUT2D eigenvalue weighted by atomic mass is 9.97. The first-order chi connectivity index (χ1) is 12.9. The van der Waals surface area contributed by atoms with Gasteiger partial charge in [-0.15, -0.1) is 11.3 Å². The van der Waals surface area contributed by atoms with Crippen LogP contribution in [0.1, 0.15) is 51.0 Å². The molecular formula is C21H30N4OS. The van der Waals surface area contributed by atoms with E-state index in [0.29, 0.717) is 17.8 Å². The summed E-state index contributed by atoms with van der Waals surface area (Å²) < 4.78 is 1.13. The van der Waals surface area contributed by atoms with E-state index in [4.69, 9.17) is 0 Å². The summed E-state index contributed by atoms with van der Waals surface area (Å²) in [6, 6.07) is 5.28. The molecule has 5 nitrogen and oxygen atoms in total. The molecule has 2 aliphatic rings. The molecule has 1 unspecified atom stereocenters. The summed E-state index contributed by atoms with van der Waals surface area (Å²) in [4.78, 5) is 22.1. The fourth-order valence-corrected chi connectivity index (χ4v) is 6.04. The third-order valence-corrected chi connectivity index (χ3v) is 6.90. The predicted octanol–water partition coefficient (Wildman–Crippen LogP) is 3.74. The molecule has 2 fully saturated rings. The van der Waals surface area contributed by atoms with Gasteiger partial charge in [0.05, 0.1) is 5.00 Å². The van der Waals surface area contributed by atoms with Gasteiger partial charge in [-0.05, 0) is 65.1 Å². The second-order valence-corrected chi connectivity index (χ2v) is 9.67. The molecular weight excluding hydrogens is 356 g/mol. The molecule has 146 valence electrons. The molecule has 2 bridgehead atoms. The number of carbonyl (C=O) groups excluding carboxylic acids is 1. The molecule has 2 aromatic heterocycles. The zero-order valence-corrected chi connectivity index (χ0v) is 17.6. The molecule has 0 aliphatic carbocycles. The van der Waals surface area contributed by atoms with E-state index in [-0.39, 0.29) is 11.9 Å². The molecule has 2 aromatic rings. The predicted molar refractivity (Wildman–Crippen MR) is 113 cm³/mol. The van der Waals surface area contributed by atoms with Crippen LogP contribution in [0.15, 0.2) is 18.3 Å². The van der Waals surface area contributed by atoms with Crippen molar-refractivity contribution in [1.82, 2.24) is 15.2 Å². The SMILES string of the molecule is CC(C)N(c1cc2cnc(C(=O)N[C@@H]3C[C@@H]4CCN(C4)C3)cc2s1)C(C)C. The molecule has 2 aliphatic heterocycles. The lowest BCUT2D eigenvalue weighted by Crippen LogP contribution is -2.47. The monoisotopic (exact) mass is 386 g/mol. The van der Waals surface area contributed by atoms with Crippen molar-refractivity contribution in [2.24, 2.45) is 5.92 Å². The van der Waals surface area contributed by atoms with Crippen LogP contribution in [0.3, 0.4) is 0 Å². The average Bonchev–Trinajstić information content (AvgIpc) is 3.15. The average molecular weight is 387 g/mol. The Balaban J connectivity index is 1.51. The number of aromatic nitrogens is 1. The van der Waals surface area contributed by atoms with E-state index >= 15 is 0 Å². The molecule has 4 heterocycles. The summed E-state index contributed by atoms with van der Waals surface area (Å²) in [5, 5.41) is 5.57. The third kappa shape index (κ3) is 3.83. The minimum atomic E-state index is -0.0380. The van der Waals surface area contributed by atoms with Crippen LogP contribution in [-0.4, -0.2) is 53.6 Å². The van der Waals surface area contributed by atoms with Crippen molar-refractivity contribution < 1.29 is 4.79 Å². The largest absolute Gasteiger partial charge is 0.359 e. The fraction of sp³-hybridized carbons (Fsp3) is 0.619. The van der Waals surface area contributed by atoms with E-state index in [2.05, 4.69) is 53.9 Å². The number of hydrogen-bond acceptors (Lipinski definition) is 5. The number of rotatable bonds is 5. The molecule has 4 rings (SSSR count). The van der Waals surface area contributed by atoms with Gasteiger partial charge in [0.15, 0.2) is 0 Å². The Hall–Kier alpha value is -1.66. The highest BCUT2D eigenvalue weighted by Crippen LogP contribution is 2.35. The Morgan fingerprint density at radius 2 is 2.04 bits per heavy atom. The Morgan fingerprint density at radius 1 is 1.26 bits per heavy atom. The van der Waals surface area contributed by atoms with Gasteiger partial charge in [-0.2, -0.15) is 0 Å². The lowest BCUT2D eigenvalue weighted by molar-refractivity contribution is 0.0904. The molecule has 0 spiro atoms. The van der Waals surface area contributed by atoms with Crippen molar-refractivity contribution >= 4 is 32.3 Å². The van der Waals surface area contributed by atoms with Gasteiger partial charge in [0.2, 0.25) is 0 Å². The number of carbonyl (C=O) groups is 1. The van der Waals surface area contributed by atoms with Gasteiger partial charge in [0.25, 0.3) is 5.91 Å². The van der Waals surface area contributed by atoms with E-state index in [1.54, 1.807) is 11.3 Å². The fourth-order valence-electron chi connectivity index (χ4n) is 4.70. The van der Waals surface area contributed by atoms with Crippen molar-refractivity contribution in [3.05, 3.63) is 24.0 Å². The maximum Gasteiger partial charge on any atom is 0.270 e. The Kier molecular flexibility index (Phi) is 5.12. The highest BCUT2D eigenvalue weighted by Gasteiger charge is 2.33. The summed E-state index contributed by atoms with van der Waals surface area (Å²) in [5.41, 5.74) is 0.532. The second kappa shape index (κ2) is 7.40. The Morgan fingerprint density at radius 3 is 2.74 bits per heavy atom. The normalized spacial score (nSPS) is 24.7. The highest BCUT2D eigenvalue weighted by molar-refractivity contribution is 7.22. The summed E-state index contributed by atoms with van der Waals surface area (Å²) in [7, 11) is 0. The number of thiophene rings is 1. The maximum absolute atomic E-state index is 12.7. The number of amides is 1. The number of fused-ring (bicyclic) bond motifs is 3. The summed E-state index contributed by atoms with van der Waals surface area (Å²) in [6.45, 7) is 12.2. The van der Waals surface area contributed by atoms with Crippen LogP contribution in [0.4, 0.5) is 5.00 Å². The zero-order valence-electron chi connectivity index (χ0n) is 16.7. The molecule has 1 amide bonds. The Bertz CT molecular complexity index is 811. The second-order valence-electron chi connectivity index (χ2n) is 8.61. The molecule has 2 saturated heterocycles. The van der Waals surface area contributed by atoms with E-state index < -0.39 is 0 Å². The number of nitrogens with zero attached hydrogens (tertiary/aromatic N) is 3. The molecule has 0 saturated carbocycles. The molecule has 0 aromatic carbocycles. The lowest BCUT2D eigenvalue weighted by Gasteiger charge is -2.31. The summed E-state index contributed by atoms with van der Waals surface area (Å²) >= 11 is 1.75. The van der Waals surface area contributed by atoms with Crippen LogP contribution in [0.25, 0.3) is 10.1 Å². The topological polar surface area (TPSA) is 48.5 Å². The van der Waals surface area contributed by atoms with Crippen LogP contribution in [0, 0.1) is 5.92 Å². The van der Waals surface area contributed by atoms with Gasteiger partial charge in [-0.25, -0.2) is 0 Å². The first kappa shape index (κ1) is 18.7. The van der Waals surface area contributed by atoms with Crippen LogP contribution in [-0.2, 0) is 0 Å². The first-order valence-electron chi connectivity index (χ1n) is 10.1. The minimum Gasteiger partial charge on any atom is -0.359 e. The number of nitrogens with one attached hydrogen (secondary N) is 1. The van der Waals surface area contributed by atoms with Crippen molar-refractivity contribution in [3.63, 3.8) is 0 Å². The molecule has 3 atom stereocenters. The standard InChI is InChI=1S/C21H30N4OS/c1-13(2)25(14(3)4)20-8-16-10-22-18(9-19(16)27-20)21(26)23-17-7-15-5-6-24(11-15)12-17/h8-10,13-15,17H,5-7,11-12H2,1-4H3,(H,23,26)/t15-,17+/m0/s1. The van der Waals surface area contributed by atoms with Gasteiger partial charge >= 0.3 is 0 Å². The van der Waals surface area contributed by atoms with Crippen molar-refractivity contribution in [2.75, 3.05) is 24.5 Å². The van der Waals surface area contributed by atoms with E-state index in [0.717, 1.165) is 29.0 Å². The molecule has 6 heteroatoms. The number of anilines is 1. The van der Waals surface area contributed by atoms with E-state index in [1.807, 2.05) is 12.3 Å². The van der Waals surface area contributed by atoms with Crippen molar-refractivity contribution in [2.45, 2.75) is 58.7 Å². The number of hydrogen-bond donors (Lipinski definition) is 1. The first-order valence-corrected chi connectivity index (χ1v) is 10.9. The smallest absolute Gasteiger partial charge is 0.270 e. The van der Waals surface area contributed by atoms with Crippen LogP contribution in [0.5, 0.6) is 0 Å². The summed E-state index contributed by atoms with van der Waals surface area (Å²) in [5.74, 6) is 0.710. The van der Waals surface area contributed by atoms with Gasteiger partial charge in [-0.3, -0.25) is 9.78 Å². The maximum atomic E-state index is 12.7. The zero-order chi connectivity index (χ0) is 19.1. The van der Waals surface area contributed by atoms with Gasteiger partial charge < -0.3 is 15.1 Å². The highest BCUT2D eigenvalue weighted by atomic mass is 32.1. The summed E-state index contributed by atoms with van der Waals surface area (Å²) in [6.07, 6.45) is 4.22. The quantitative estimate of drug-likeness (QED) is 0.850. The minimum absolute atomic E-state index is 0.0380. The van der Waals surface area contributed by atoms with Gasteiger partial charge in [0.1, 0.15) is 5.69 Å². The molecule has 27 heavy (non-hydrogen) atoms. The van der Waals surface area contributed by atoms with Crippen LogP contribution >= 0.6 is 11.3 Å². The number of piperidine rings is 1. The third-order valence-electron chi connectivity index (χ3n) is 5.79. The Labute approximate surface area is 165 Å². The van der Waals surface area contributed by atoms with Crippen LogP contribution in [0.2, 0.25) is 0 Å². The van der Waals surface area contributed by atoms with E-state index in [9.17, 15) is 4.79 Å². The number of pyridine rings is 1. The van der Waals surface area contributed by atoms with Crippen LogP contribution < -0.4 is 10.2 Å². The molecule has 0 radical (unpaired) electrons. The van der Waals surface area contributed by atoms with Crippen molar-refractivity contribution in [1.29, 1.82) is 0 Å². The molecule has 1 N–H and O–H groups in total. The van der Waals surface area contributed by atoms with Gasteiger partial charge in [-0.1, -0.05) is 0 Å².